The molecule has 1 atom stereocenters. The van der Waals surface area contributed by atoms with Crippen LogP contribution in [0.5, 0.6) is 0 Å². The lowest BCUT2D eigenvalue weighted by molar-refractivity contribution is 0.147. The van der Waals surface area contributed by atoms with Crippen LogP contribution in [0.3, 0.4) is 0 Å². The highest BCUT2D eigenvalue weighted by molar-refractivity contribution is 5.80. The summed E-state index contributed by atoms with van der Waals surface area (Å²) in [7, 11) is 0. The van der Waals surface area contributed by atoms with Gasteiger partial charge < -0.3 is 10.6 Å². The van der Waals surface area contributed by atoms with Crippen molar-refractivity contribution in [3.8, 4) is 0 Å². The van der Waals surface area contributed by atoms with E-state index in [1.54, 1.807) is 0 Å². The molecule has 14 heavy (non-hydrogen) atoms. The van der Waals surface area contributed by atoms with E-state index in [4.69, 9.17) is 5.73 Å². The number of hydrogen-bond donors (Lipinski definition) is 1. The smallest absolute Gasteiger partial charge is 0.191 e. The predicted molar refractivity (Wildman–Crippen MR) is 59.2 cm³/mol. The molecule has 1 fully saturated rings. The number of likely N-dealkylation sites (N-methyl/N-ethyl adjacent to an activating group) is 1. The molecule has 1 unspecified atom stereocenters. The number of nitrogens with zero attached hydrogens (tertiary/aromatic N) is 2. The maximum absolute atomic E-state index is 5.88. The minimum absolute atomic E-state index is 0.212. The molecule has 0 saturated heterocycles. The number of nitrogens with two attached hydrogens (primary N) is 1. The molecule has 80 valence electrons. The third kappa shape index (κ3) is 1.49. The van der Waals surface area contributed by atoms with Crippen LogP contribution in [0, 0.1) is 5.92 Å². The molecule has 0 spiro atoms. The highest BCUT2D eigenvalue weighted by atomic mass is 15.3. The van der Waals surface area contributed by atoms with Gasteiger partial charge in [0.15, 0.2) is 5.96 Å². The van der Waals surface area contributed by atoms with E-state index in [0.29, 0.717) is 0 Å². The van der Waals surface area contributed by atoms with Gasteiger partial charge in [0.1, 0.15) is 0 Å². The van der Waals surface area contributed by atoms with E-state index in [1.807, 2.05) is 0 Å². The number of aliphatic imine (C=N–C) groups is 1. The lowest BCUT2D eigenvalue weighted by Crippen LogP contribution is -2.50. The zero-order valence-electron chi connectivity index (χ0n) is 9.29. The molecular formula is C11H21N3. The Balaban J connectivity index is 2.00. The Morgan fingerprint density at radius 3 is 2.79 bits per heavy atom. The Hall–Kier alpha value is -0.730. The van der Waals surface area contributed by atoms with Crippen LogP contribution in [0.1, 0.15) is 39.5 Å². The van der Waals surface area contributed by atoms with Crippen molar-refractivity contribution in [1.82, 2.24) is 4.90 Å². The molecule has 1 aliphatic heterocycles. The second-order valence-corrected chi connectivity index (χ2v) is 4.92. The summed E-state index contributed by atoms with van der Waals surface area (Å²) in [6.45, 7) is 6.34. The Morgan fingerprint density at radius 1 is 1.57 bits per heavy atom. The fraction of sp³-hybridized carbons (Fsp3) is 0.909. The van der Waals surface area contributed by atoms with Crippen LogP contribution in [0.2, 0.25) is 0 Å². The van der Waals surface area contributed by atoms with Gasteiger partial charge in [-0.2, -0.15) is 0 Å². The molecule has 0 aromatic rings. The summed E-state index contributed by atoms with van der Waals surface area (Å²) < 4.78 is 0. The summed E-state index contributed by atoms with van der Waals surface area (Å²) in [6, 6.07) is 0. The molecule has 0 aromatic carbocycles. The van der Waals surface area contributed by atoms with E-state index in [0.717, 1.165) is 25.0 Å². The van der Waals surface area contributed by atoms with Crippen LogP contribution in [-0.2, 0) is 0 Å². The van der Waals surface area contributed by atoms with Crippen molar-refractivity contribution in [2.45, 2.75) is 45.1 Å². The minimum Gasteiger partial charge on any atom is -0.370 e. The normalized spacial score (nSPS) is 33.0. The fourth-order valence-corrected chi connectivity index (χ4v) is 2.74. The first-order valence-corrected chi connectivity index (χ1v) is 5.73. The number of guanidine groups is 1. The van der Waals surface area contributed by atoms with E-state index in [9.17, 15) is 0 Å². The molecule has 2 N–H and O–H groups in total. The molecule has 1 saturated carbocycles. The predicted octanol–water partition coefficient (Wildman–Crippen LogP) is 1.59. The Labute approximate surface area is 86.4 Å². The molecule has 1 aliphatic carbocycles. The second-order valence-electron chi connectivity index (χ2n) is 4.92. The van der Waals surface area contributed by atoms with Gasteiger partial charge in [-0.15, -0.1) is 0 Å². The third-order valence-corrected chi connectivity index (χ3v) is 3.78. The monoisotopic (exact) mass is 195 g/mol. The summed E-state index contributed by atoms with van der Waals surface area (Å²) >= 11 is 0. The first-order valence-electron chi connectivity index (χ1n) is 5.73. The van der Waals surface area contributed by atoms with Gasteiger partial charge in [-0.3, -0.25) is 4.99 Å². The standard InChI is InChI=1S/C11H21N3/c1-3-14-10(12)13-8-11(14,2)7-9-5-4-6-9/h9H,3-8H2,1-2H3,(H2,12,13). The third-order valence-electron chi connectivity index (χ3n) is 3.78. The van der Waals surface area contributed by atoms with E-state index in [-0.39, 0.29) is 5.54 Å². The van der Waals surface area contributed by atoms with Crippen molar-refractivity contribution in [2.75, 3.05) is 13.1 Å². The molecule has 0 bridgehead atoms. The van der Waals surface area contributed by atoms with Gasteiger partial charge in [0.05, 0.1) is 12.1 Å². The van der Waals surface area contributed by atoms with Crippen LogP contribution >= 0.6 is 0 Å². The Kier molecular flexibility index (Phi) is 2.41. The van der Waals surface area contributed by atoms with Crippen LogP contribution in [-0.4, -0.2) is 29.5 Å². The lowest BCUT2D eigenvalue weighted by Gasteiger charge is -2.40. The van der Waals surface area contributed by atoms with E-state index in [1.165, 1.54) is 25.7 Å². The van der Waals surface area contributed by atoms with Crippen LogP contribution in [0.25, 0.3) is 0 Å². The van der Waals surface area contributed by atoms with E-state index in [2.05, 4.69) is 23.7 Å². The largest absolute Gasteiger partial charge is 0.370 e. The number of hydrogen-bond acceptors (Lipinski definition) is 3. The van der Waals surface area contributed by atoms with Crippen molar-refractivity contribution < 1.29 is 0 Å². The highest BCUT2D eigenvalue weighted by Crippen LogP contribution is 2.37. The molecule has 0 aromatic heterocycles. The molecule has 0 amide bonds. The average molecular weight is 195 g/mol. The Morgan fingerprint density at radius 2 is 2.29 bits per heavy atom. The summed E-state index contributed by atoms with van der Waals surface area (Å²) in [4.78, 5) is 6.64. The molecule has 3 heteroatoms. The van der Waals surface area contributed by atoms with Gasteiger partial charge in [-0.1, -0.05) is 19.3 Å². The molecule has 1 heterocycles. The van der Waals surface area contributed by atoms with Gasteiger partial charge in [0, 0.05) is 6.54 Å². The average Bonchev–Trinajstić information content (AvgIpc) is 2.36. The molecular weight excluding hydrogens is 174 g/mol. The zero-order valence-corrected chi connectivity index (χ0v) is 9.29. The lowest BCUT2D eigenvalue weighted by atomic mass is 9.76. The van der Waals surface area contributed by atoms with Gasteiger partial charge in [0.25, 0.3) is 0 Å². The zero-order chi connectivity index (χ0) is 10.2. The van der Waals surface area contributed by atoms with Gasteiger partial charge in [-0.05, 0) is 26.2 Å². The van der Waals surface area contributed by atoms with Gasteiger partial charge in [-0.25, -0.2) is 0 Å². The first-order chi connectivity index (χ1) is 6.65. The summed E-state index contributed by atoms with van der Waals surface area (Å²) in [5, 5.41) is 0. The topological polar surface area (TPSA) is 41.6 Å². The highest BCUT2D eigenvalue weighted by Gasteiger charge is 2.39. The number of rotatable bonds is 3. The van der Waals surface area contributed by atoms with Crippen molar-refractivity contribution in [1.29, 1.82) is 0 Å². The minimum atomic E-state index is 0.212. The van der Waals surface area contributed by atoms with Crippen molar-refractivity contribution in [3.05, 3.63) is 0 Å². The van der Waals surface area contributed by atoms with Crippen molar-refractivity contribution >= 4 is 5.96 Å². The van der Waals surface area contributed by atoms with Gasteiger partial charge in [0.2, 0.25) is 0 Å². The van der Waals surface area contributed by atoms with Crippen molar-refractivity contribution in [2.24, 2.45) is 16.6 Å². The van der Waals surface area contributed by atoms with Crippen LogP contribution in [0.15, 0.2) is 4.99 Å². The second kappa shape index (κ2) is 3.44. The summed E-state index contributed by atoms with van der Waals surface area (Å²) in [5.41, 5.74) is 6.09. The maximum Gasteiger partial charge on any atom is 0.191 e. The van der Waals surface area contributed by atoms with Crippen LogP contribution < -0.4 is 5.73 Å². The molecule has 2 rings (SSSR count). The van der Waals surface area contributed by atoms with Crippen LogP contribution in [0.4, 0.5) is 0 Å². The fourth-order valence-electron chi connectivity index (χ4n) is 2.74. The molecule has 2 aliphatic rings. The maximum atomic E-state index is 5.88. The SMILES string of the molecule is CCN1C(N)=NCC1(C)CC1CCC1. The quantitative estimate of drug-likeness (QED) is 0.743. The molecule has 3 nitrogen and oxygen atoms in total. The van der Waals surface area contributed by atoms with E-state index < -0.39 is 0 Å². The summed E-state index contributed by atoms with van der Waals surface area (Å²) in [5.74, 6) is 1.67. The first kappa shape index (κ1) is 9.81. The Bertz CT molecular complexity index is 245. The van der Waals surface area contributed by atoms with Crippen molar-refractivity contribution in [3.63, 3.8) is 0 Å². The van der Waals surface area contributed by atoms with Gasteiger partial charge >= 0.3 is 0 Å². The van der Waals surface area contributed by atoms with E-state index >= 15 is 0 Å². The molecule has 0 radical (unpaired) electrons. The summed E-state index contributed by atoms with van der Waals surface area (Å²) in [6.07, 6.45) is 5.51.